The predicted molar refractivity (Wildman–Crippen MR) is 67.9 cm³/mol. The summed E-state index contributed by atoms with van der Waals surface area (Å²) in [6.07, 6.45) is 1.69. The molecular weight excluding hydrogens is 266 g/mol. The zero-order valence-electron chi connectivity index (χ0n) is 7.70. The van der Waals surface area contributed by atoms with Gasteiger partial charge in [0, 0.05) is 11.6 Å². The molecule has 0 unspecified atom stereocenters. The number of H-pyrrole nitrogens is 2. The van der Waals surface area contributed by atoms with Crippen LogP contribution < -0.4 is 5.56 Å². The fraction of sp³-hybridized carbons (Fsp3) is 0. The number of thiophene rings is 1. The lowest BCUT2D eigenvalue weighted by molar-refractivity contribution is 1.15. The van der Waals surface area contributed by atoms with E-state index in [1.807, 2.05) is 0 Å². The Hall–Kier alpha value is -1.24. The number of aromatic amines is 2. The molecule has 7 heteroatoms. The van der Waals surface area contributed by atoms with Crippen LogP contribution in [0, 0.1) is 4.77 Å². The van der Waals surface area contributed by atoms with Gasteiger partial charge in [-0.15, -0.1) is 11.3 Å². The van der Waals surface area contributed by atoms with E-state index in [2.05, 4.69) is 15.0 Å². The van der Waals surface area contributed by atoms with E-state index in [-0.39, 0.29) is 10.3 Å². The minimum absolute atomic E-state index is 0.198. The van der Waals surface area contributed by atoms with E-state index < -0.39 is 0 Å². The molecule has 0 aromatic carbocycles. The lowest BCUT2D eigenvalue weighted by atomic mass is 10.2. The first-order valence-electron chi connectivity index (χ1n) is 4.36. The second-order valence-corrected chi connectivity index (χ2v) is 4.95. The third-order valence-corrected chi connectivity index (χ3v) is 3.96. The van der Waals surface area contributed by atoms with Gasteiger partial charge in [0.25, 0.3) is 5.56 Å². The summed E-state index contributed by atoms with van der Waals surface area (Å²) in [5, 5.41) is 1.85. The molecular formula is C9H4ClN3OS2. The van der Waals surface area contributed by atoms with Gasteiger partial charge in [0.05, 0.1) is 10.1 Å². The maximum atomic E-state index is 11.8. The Morgan fingerprint density at radius 1 is 1.50 bits per heavy atom. The summed E-state index contributed by atoms with van der Waals surface area (Å²) < 4.78 is 1.02. The van der Waals surface area contributed by atoms with E-state index in [4.69, 9.17) is 23.8 Å². The quantitative estimate of drug-likeness (QED) is 0.487. The molecule has 0 atom stereocenters. The van der Waals surface area contributed by atoms with Gasteiger partial charge in [-0.1, -0.05) is 11.6 Å². The van der Waals surface area contributed by atoms with Crippen molar-refractivity contribution in [3.05, 3.63) is 32.5 Å². The van der Waals surface area contributed by atoms with Crippen molar-refractivity contribution in [1.29, 1.82) is 0 Å². The summed E-state index contributed by atoms with van der Waals surface area (Å²) in [6, 6.07) is 1.81. The van der Waals surface area contributed by atoms with Crippen molar-refractivity contribution in [1.82, 2.24) is 15.0 Å². The smallest absolute Gasteiger partial charge is 0.261 e. The zero-order valence-corrected chi connectivity index (χ0v) is 10.1. The fourth-order valence-corrected chi connectivity index (χ4v) is 3.18. The van der Waals surface area contributed by atoms with Crippen molar-refractivity contribution < 1.29 is 0 Å². The number of halogens is 1. The number of pyridine rings is 1. The molecule has 0 aliphatic rings. The van der Waals surface area contributed by atoms with E-state index in [0.29, 0.717) is 15.4 Å². The molecule has 3 aromatic rings. The molecule has 4 nitrogen and oxygen atoms in total. The Kier molecular flexibility index (Phi) is 2.10. The van der Waals surface area contributed by atoms with Gasteiger partial charge < -0.3 is 4.98 Å². The Labute approximate surface area is 103 Å². The van der Waals surface area contributed by atoms with Gasteiger partial charge in [0.1, 0.15) is 9.98 Å². The number of fused-ring (bicyclic) bond motifs is 3. The first-order chi connectivity index (χ1) is 7.66. The first-order valence-corrected chi connectivity index (χ1v) is 5.97. The van der Waals surface area contributed by atoms with Crippen molar-refractivity contribution in [2.45, 2.75) is 0 Å². The van der Waals surface area contributed by atoms with Gasteiger partial charge in [0.15, 0.2) is 0 Å². The SMILES string of the molecule is O=c1[nH]c(=S)nc2sc3c(Cl)[nH]ccc3c12. The van der Waals surface area contributed by atoms with E-state index >= 15 is 0 Å². The second kappa shape index (κ2) is 3.38. The van der Waals surface area contributed by atoms with Gasteiger partial charge in [0.2, 0.25) is 4.77 Å². The standard InChI is InChI=1S/C9H4ClN3OS2/c10-6-5-3(1-2-11-6)4-7(14)12-9(15)13-8(4)16-5/h1-2,11H,(H,12,14,15). The van der Waals surface area contributed by atoms with Crippen molar-refractivity contribution >= 4 is 55.5 Å². The molecule has 16 heavy (non-hydrogen) atoms. The van der Waals surface area contributed by atoms with Crippen LogP contribution >= 0.6 is 35.2 Å². The molecule has 0 saturated carbocycles. The average Bonchev–Trinajstić information content (AvgIpc) is 2.57. The maximum Gasteiger partial charge on any atom is 0.261 e. The van der Waals surface area contributed by atoms with Crippen LogP contribution in [0.4, 0.5) is 0 Å². The van der Waals surface area contributed by atoms with Crippen LogP contribution in [0.3, 0.4) is 0 Å². The van der Waals surface area contributed by atoms with Crippen molar-refractivity contribution in [2.75, 3.05) is 0 Å². The Balaban J connectivity index is 2.72. The summed E-state index contributed by atoms with van der Waals surface area (Å²) in [4.78, 5) is 21.9. The summed E-state index contributed by atoms with van der Waals surface area (Å²) in [5.74, 6) is 0. The number of hydrogen-bond acceptors (Lipinski definition) is 4. The molecule has 0 aliphatic carbocycles. The van der Waals surface area contributed by atoms with Crippen molar-refractivity contribution in [2.24, 2.45) is 0 Å². The second-order valence-electron chi connectivity index (χ2n) is 3.19. The molecule has 3 aromatic heterocycles. The summed E-state index contributed by atoms with van der Waals surface area (Å²) in [7, 11) is 0. The molecule has 3 heterocycles. The van der Waals surface area contributed by atoms with E-state index in [9.17, 15) is 4.79 Å². The largest absolute Gasteiger partial charge is 0.351 e. The Morgan fingerprint density at radius 3 is 3.12 bits per heavy atom. The maximum absolute atomic E-state index is 11.8. The van der Waals surface area contributed by atoms with Crippen LogP contribution in [0.1, 0.15) is 0 Å². The normalized spacial score (nSPS) is 11.3. The number of aromatic nitrogens is 3. The molecule has 80 valence electrons. The highest BCUT2D eigenvalue weighted by molar-refractivity contribution is 7.71. The molecule has 3 rings (SSSR count). The highest BCUT2D eigenvalue weighted by Gasteiger charge is 2.11. The van der Waals surface area contributed by atoms with E-state index in [0.717, 1.165) is 10.1 Å². The van der Waals surface area contributed by atoms with Crippen molar-refractivity contribution in [3.8, 4) is 0 Å². The van der Waals surface area contributed by atoms with Gasteiger partial charge in [-0.25, -0.2) is 4.98 Å². The number of hydrogen-bond donors (Lipinski definition) is 2. The van der Waals surface area contributed by atoms with Gasteiger partial charge >= 0.3 is 0 Å². The third kappa shape index (κ3) is 1.31. The topological polar surface area (TPSA) is 61.5 Å². The molecule has 0 saturated heterocycles. The molecule has 0 bridgehead atoms. The van der Waals surface area contributed by atoms with Crippen LogP contribution in [-0.4, -0.2) is 15.0 Å². The molecule has 0 aliphatic heterocycles. The lowest BCUT2D eigenvalue weighted by Gasteiger charge is -1.92. The predicted octanol–water partition coefficient (Wildman–Crippen LogP) is 2.85. The van der Waals surface area contributed by atoms with Gasteiger partial charge in [-0.05, 0) is 18.3 Å². The molecule has 0 spiro atoms. The lowest BCUT2D eigenvalue weighted by Crippen LogP contribution is -2.06. The monoisotopic (exact) mass is 269 g/mol. The van der Waals surface area contributed by atoms with E-state index in [1.165, 1.54) is 11.3 Å². The third-order valence-electron chi connectivity index (χ3n) is 2.24. The molecule has 2 N–H and O–H groups in total. The number of rotatable bonds is 0. The minimum Gasteiger partial charge on any atom is -0.351 e. The van der Waals surface area contributed by atoms with Crippen LogP contribution in [0.2, 0.25) is 5.15 Å². The Bertz CT molecular complexity index is 817. The molecule has 0 radical (unpaired) electrons. The van der Waals surface area contributed by atoms with Crippen LogP contribution in [-0.2, 0) is 0 Å². The van der Waals surface area contributed by atoms with Crippen molar-refractivity contribution in [3.63, 3.8) is 0 Å². The molecule has 0 fully saturated rings. The minimum atomic E-state index is -0.219. The van der Waals surface area contributed by atoms with Crippen LogP contribution in [0.5, 0.6) is 0 Å². The number of nitrogens with one attached hydrogen (secondary N) is 2. The highest BCUT2D eigenvalue weighted by Crippen LogP contribution is 2.33. The summed E-state index contributed by atoms with van der Waals surface area (Å²) in [6.45, 7) is 0. The van der Waals surface area contributed by atoms with E-state index in [1.54, 1.807) is 12.3 Å². The van der Waals surface area contributed by atoms with Gasteiger partial charge in [-0.3, -0.25) is 9.78 Å². The first kappa shape index (κ1) is 9.95. The Morgan fingerprint density at radius 2 is 2.31 bits per heavy atom. The molecule has 0 amide bonds. The summed E-state index contributed by atoms with van der Waals surface area (Å²) in [5.41, 5.74) is -0.219. The highest BCUT2D eigenvalue weighted by atomic mass is 35.5. The fourth-order valence-electron chi connectivity index (χ4n) is 1.60. The number of nitrogens with zero attached hydrogens (tertiary/aromatic N) is 1. The van der Waals surface area contributed by atoms with Crippen LogP contribution in [0.15, 0.2) is 17.1 Å². The van der Waals surface area contributed by atoms with Crippen LogP contribution in [0.25, 0.3) is 20.3 Å². The average molecular weight is 270 g/mol. The summed E-state index contributed by atoms with van der Waals surface area (Å²) >= 11 is 12.2. The zero-order chi connectivity index (χ0) is 11.3. The van der Waals surface area contributed by atoms with Gasteiger partial charge in [-0.2, -0.15) is 0 Å².